The third kappa shape index (κ3) is 5.09. The second-order valence-corrected chi connectivity index (χ2v) is 4.74. The van der Waals surface area contributed by atoms with Gasteiger partial charge in [-0.1, -0.05) is 13.0 Å². The monoisotopic (exact) mass is 267 g/mol. The summed E-state index contributed by atoms with van der Waals surface area (Å²) >= 11 is 0. The molecular weight excluding hydrogens is 242 g/mol. The predicted octanol–water partition coefficient (Wildman–Crippen LogP) is 2.39. The number of rotatable bonds is 8. The lowest BCUT2D eigenvalue weighted by Gasteiger charge is -2.17. The third-order valence-corrected chi connectivity index (χ3v) is 2.98. The summed E-state index contributed by atoms with van der Waals surface area (Å²) in [5, 5.41) is 0. The smallest absolute Gasteiger partial charge is 0.161 e. The van der Waals surface area contributed by atoms with Crippen LogP contribution >= 0.6 is 0 Å². The van der Waals surface area contributed by atoms with Gasteiger partial charge in [-0.3, -0.25) is 0 Å². The van der Waals surface area contributed by atoms with Crippen molar-refractivity contribution in [1.82, 2.24) is 0 Å². The largest absolute Gasteiger partial charge is 0.493 e. The van der Waals surface area contributed by atoms with Crippen molar-refractivity contribution in [3.63, 3.8) is 0 Å². The van der Waals surface area contributed by atoms with Gasteiger partial charge in [0.2, 0.25) is 0 Å². The van der Waals surface area contributed by atoms with Gasteiger partial charge in [-0.2, -0.15) is 0 Å². The molecule has 108 valence electrons. The van der Waals surface area contributed by atoms with Crippen LogP contribution in [0.2, 0.25) is 0 Å². The molecule has 4 heteroatoms. The van der Waals surface area contributed by atoms with E-state index in [1.54, 1.807) is 14.2 Å². The van der Waals surface area contributed by atoms with Crippen LogP contribution in [0.5, 0.6) is 11.5 Å². The molecule has 0 heterocycles. The number of ether oxygens (including phenoxy) is 3. The van der Waals surface area contributed by atoms with Gasteiger partial charge in [-0.05, 0) is 37.5 Å². The Labute approximate surface area is 115 Å². The van der Waals surface area contributed by atoms with E-state index in [9.17, 15) is 0 Å². The van der Waals surface area contributed by atoms with Crippen LogP contribution in [0.3, 0.4) is 0 Å². The molecule has 0 bridgehead atoms. The Bertz CT molecular complexity index is 382. The molecule has 19 heavy (non-hydrogen) atoms. The first kappa shape index (κ1) is 15.8. The van der Waals surface area contributed by atoms with Crippen LogP contribution in [-0.2, 0) is 11.2 Å². The van der Waals surface area contributed by atoms with Crippen molar-refractivity contribution >= 4 is 0 Å². The molecule has 1 rings (SSSR count). The van der Waals surface area contributed by atoms with Gasteiger partial charge in [0.1, 0.15) is 6.10 Å². The van der Waals surface area contributed by atoms with Gasteiger partial charge >= 0.3 is 0 Å². The van der Waals surface area contributed by atoms with Gasteiger partial charge in [0, 0.05) is 13.2 Å². The molecule has 1 aromatic rings. The first-order valence-corrected chi connectivity index (χ1v) is 6.68. The highest BCUT2D eigenvalue weighted by Crippen LogP contribution is 2.29. The fourth-order valence-electron chi connectivity index (χ4n) is 1.87. The topological polar surface area (TPSA) is 53.7 Å². The van der Waals surface area contributed by atoms with E-state index in [-0.39, 0.29) is 12.1 Å². The fourth-order valence-corrected chi connectivity index (χ4v) is 1.87. The Morgan fingerprint density at radius 3 is 2.53 bits per heavy atom. The molecule has 4 nitrogen and oxygen atoms in total. The second-order valence-electron chi connectivity index (χ2n) is 4.74. The number of benzene rings is 1. The Balaban J connectivity index is 2.78. The highest BCUT2D eigenvalue weighted by atomic mass is 16.5. The summed E-state index contributed by atoms with van der Waals surface area (Å²) in [4.78, 5) is 0. The van der Waals surface area contributed by atoms with E-state index in [0.29, 0.717) is 6.61 Å². The van der Waals surface area contributed by atoms with Crippen LogP contribution in [0, 0.1) is 0 Å². The maximum absolute atomic E-state index is 5.97. The second kappa shape index (κ2) is 8.02. The quantitative estimate of drug-likeness (QED) is 0.785. The first-order chi connectivity index (χ1) is 9.10. The minimum absolute atomic E-state index is 0.0114. The Morgan fingerprint density at radius 2 is 1.95 bits per heavy atom. The Kier molecular flexibility index (Phi) is 6.67. The minimum Gasteiger partial charge on any atom is -0.493 e. The van der Waals surface area contributed by atoms with Gasteiger partial charge in [0.15, 0.2) is 11.5 Å². The molecule has 0 aromatic heterocycles. The molecule has 0 amide bonds. The SMILES string of the molecule is CCC(N)Cc1ccc(OC(C)COC)c(OC)c1. The van der Waals surface area contributed by atoms with Crippen molar-refractivity contribution in [2.24, 2.45) is 5.73 Å². The van der Waals surface area contributed by atoms with Crippen LogP contribution in [0.15, 0.2) is 18.2 Å². The fraction of sp³-hybridized carbons (Fsp3) is 0.600. The number of hydrogen-bond donors (Lipinski definition) is 1. The van der Waals surface area contributed by atoms with E-state index in [1.807, 2.05) is 25.1 Å². The summed E-state index contributed by atoms with van der Waals surface area (Å²) in [7, 11) is 3.30. The molecule has 2 atom stereocenters. The lowest BCUT2D eigenvalue weighted by molar-refractivity contribution is 0.0899. The van der Waals surface area contributed by atoms with Crippen molar-refractivity contribution in [3.8, 4) is 11.5 Å². The normalized spacial score (nSPS) is 13.9. The zero-order chi connectivity index (χ0) is 14.3. The highest BCUT2D eigenvalue weighted by molar-refractivity contribution is 5.43. The van der Waals surface area contributed by atoms with Gasteiger partial charge in [0.05, 0.1) is 13.7 Å². The van der Waals surface area contributed by atoms with Gasteiger partial charge in [-0.15, -0.1) is 0 Å². The molecule has 0 saturated heterocycles. The van der Waals surface area contributed by atoms with Crippen molar-refractivity contribution in [2.75, 3.05) is 20.8 Å². The number of hydrogen-bond acceptors (Lipinski definition) is 4. The summed E-state index contributed by atoms with van der Waals surface area (Å²) in [5.41, 5.74) is 7.13. The van der Waals surface area contributed by atoms with Crippen molar-refractivity contribution in [2.45, 2.75) is 38.8 Å². The Morgan fingerprint density at radius 1 is 1.21 bits per heavy atom. The van der Waals surface area contributed by atoms with E-state index >= 15 is 0 Å². The van der Waals surface area contributed by atoms with Crippen molar-refractivity contribution in [1.29, 1.82) is 0 Å². The third-order valence-electron chi connectivity index (χ3n) is 2.98. The van der Waals surface area contributed by atoms with Crippen LogP contribution in [0.4, 0.5) is 0 Å². The maximum Gasteiger partial charge on any atom is 0.161 e. The lowest BCUT2D eigenvalue weighted by Crippen LogP contribution is -2.21. The molecule has 0 spiro atoms. The lowest BCUT2D eigenvalue weighted by atomic mass is 10.0. The number of nitrogens with two attached hydrogens (primary N) is 1. The van der Waals surface area contributed by atoms with Crippen LogP contribution in [0.25, 0.3) is 0 Å². The van der Waals surface area contributed by atoms with Crippen LogP contribution < -0.4 is 15.2 Å². The average Bonchev–Trinajstić information content (AvgIpc) is 2.40. The van der Waals surface area contributed by atoms with E-state index in [1.165, 1.54) is 0 Å². The average molecular weight is 267 g/mol. The van der Waals surface area contributed by atoms with E-state index < -0.39 is 0 Å². The molecule has 0 aliphatic rings. The first-order valence-electron chi connectivity index (χ1n) is 6.68. The molecule has 0 aliphatic carbocycles. The Hall–Kier alpha value is -1.26. The standard InChI is InChI=1S/C15H25NO3/c1-5-13(16)8-12-6-7-14(15(9-12)18-4)19-11(2)10-17-3/h6-7,9,11,13H,5,8,10,16H2,1-4H3. The summed E-state index contributed by atoms with van der Waals surface area (Å²) in [6.07, 6.45) is 1.80. The van der Waals surface area contributed by atoms with Crippen LogP contribution in [-0.4, -0.2) is 33.0 Å². The molecule has 2 N–H and O–H groups in total. The predicted molar refractivity (Wildman–Crippen MR) is 76.9 cm³/mol. The molecule has 0 radical (unpaired) electrons. The summed E-state index contributed by atoms with van der Waals surface area (Å²) < 4.78 is 16.2. The molecule has 1 aromatic carbocycles. The van der Waals surface area contributed by atoms with Crippen molar-refractivity contribution in [3.05, 3.63) is 23.8 Å². The summed E-state index contributed by atoms with van der Waals surface area (Å²) in [6, 6.07) is 6.14. The zero-order valence-electron chi connectivity index (χ0n) is 12.3. The van der Waals surface area contributed by atoms with Gasteiger partial charge in [0.25, 0.3) is 0 Å². The summed E-state index contributed by atoms with van der Waals surface area (Å²) in [5.74, 6) is 1.48. The van der Waals surface area contributed by atoms with Crippen LogP contribution in [0.1, 0.15) is 25.8 Å². The molecular formula is C15H25NO3. The minimum atomic E-state index is -0.0114. The van der Waals surface area contributed by atoms with Crippen molar-refractivity contribution < 1.29 is 14.2 Å². The number of methoxy groups -OCH3 is 2. The maximum atomic E-state index is 5.97. The van der Waals surface area contributed by atoms with E-state index in [2.05, 4.69) is 6.92 Å². The molecule has 0 aliphatic heterocycles. The molecule has 0 fully saturated rings. The van der Waals surface area contributed by atoms with E-state index in [0.717, 1.165) is 29.9 Å². The zero-order valence-corrected chi connectivity index (χ0v) is 12.3. The molecule has 0 saturated carbocycles. The van der Waals surface area contributed by atoms with E-state index in [4.69, 9.17) is 19.9 Å². The highest BCUT2D eigenvalue weighted by Gasteiger charge is 2.11. The molecule has 2 unspecified atom stereocenters. The van der Waals surface area contributed by atoms with Gasteiger partial charge < -0.3 is 19.9 Å². The van der Waals surface area contributed by atoms with Gasteiger partial charge in [-0.25, -0.2) is 0 Å². The summed E-state index contributed by atoms with van der Waals surface area (Å²) in [6.45, 7) is 4.60.